The molecule has 2 aliphatic heterocycles. The number of sulfone groups is 2. The van der Waals surface area contributed by atoms with Gasteiger partial charge in [-0.15, -0.1) is 0 Å². The number of hydrogen-bond donors (Lipinski definition) is 0. The van der Waals surface area contributed by atoms with Gasteiger partial charge in [0.1, 0.15) is 14.6 Å². The van der Waals surface area contributed by atoms with E-state index in [0.29, 0.717) is 11.6 Å². The first-order chi connectivity index (χ1) is 20.3. The molecule has 0 aromatic heterocycles. The van der Waals surface area contributed by atoms with Gasteiger partial charge < -0.3 is 4.90 Å². The number of nitrogens with zero attached hydrogens (tertiary/aromatic N) is 1. The molecule has 4 unspecified atom stereocenters. The molecule has 2 aliphatic carbocycles. The van der Waals surface area contributed by atoms with E-state index in [9.17, 15) is 48.0 Å². The van der Waals surface area contributed by atoms with Crippen LogP contribution in [-0.4, -0.2) is 74.5 Å². The maximum Gasteiger partial charge on any atom is 0.435 e. The lowest BCUT2D eigenvalue weighted by molar-refractivity contribution is -0.328. The van der Waals surface area contributed by atoms with E-state index in [2.05, 4.69) is 0 Å². The molecule has 3 fully saturated rings. The fourth-order valence-corrected chi connectivity index (χ4v) is 11.8. The standard InChI is InChI=1S/C29H32F7NO5S2/c1-18-21-7-10-24-26(44(41,42)17-19-5-3-2-4-6-19,13-14-37(24)25(38)20-11-15-43(39,40)16-12-20)23(21)9-8-22(18)27(30,28(31,32)33)29(34,35)36/h2-6,8-9,18,20-21,24H,7,10-17H2,1H3. The summed E-state index contributed by atoms with van der Waals surface area (Å²) in [5, 5.41) is 0. The molecule has 244 valence electrons. The summed E-state index contributed by atoms with van der Waals surface area (Å²) in [4.78, 5) is 15.1. The van der Waals surface area contributed by atoms with E-state index in [4.69, 9.17) is 0 Å². The largest absolute Gasteiger partial charge is 0.435 e. The third-order valence-electron chi connectivity index (χ3n) is 9.93. The number of alkyl halides is 7. The lowest BCUT2D eigenvalue weighted by Gasteiger charge is -2.50. The summed E-state index contributed by atoms with van der Waals surface area (Å²) < 4.78 is 149. The Kier molecular flexibility index (Phi) is 8.12. The van der Waals surface area contributed by atoms with Gasteiger partial charge in [0.25, 0.3) is 0 Å². The number of allylic oxidation sites excluding steroid dienone is 3. The Hall–Kier alpha value is -2.42. The third-order valence-corrected chi connectivity index (χ3v) is 14.2. The van der Waals surface area contributed by atoms with Crippen LogP contribution in [0.5, 0.6) is 0 Å². The minimum Gasteiger partial charge on any atom is -0.337 e. The first kappa shape index (κ1) is 33.0. The Bertz CT molecular complexity index is 1560. The number of fused-ring (bicyclic) bond motifs is 3. The number of benzene rings is 1. The van der Waals surface area contributed by atoms with E-state index >= 15 is 4.39 Å². The molecule has 44 heavy (non-hydrogen) atoms. The molecule has 0 radical (unpaired) electrons. The lowest BCUT2D eigenvalue weighted by atomic mass is 9.63. The molecule has 1 aromatic rings. The quantitative estimate of drug-likeness (QED) is 0.386. The molecule has 1 amide bonds. The molecule has 0 bridgehead atoms. The summed E-state index contributed by atoms with van der Waals surface area (Å²) in [5.41, 5.74) is -6.68. The number of amides is 1. The number of hydrogen-bond acceptors (Lipinski definition) is 5. The SMILES string of the molecule is CC1C(C(F)(C(F)(F)F)C(F)(F)F)=CC=C2C1CCC1N(C(=O)C3CCS(=O)(=O)CC3)CCC21S(=O)(=O)Cc1ccccc1. The highest BCUT2D eigenvalue weighted by Crippen LogP contribution is 2.60. The van der Waals surface area contributed by atoms with E-state index in [-0.39, 0.29) is 55.7 Å². The van der Waals surface area contributed by atoms with Crippen LogP contribution in [0.2, 0.25) is 0 Å². The molecule has 2 heterocycles. The summed E-state index contributed by atoms with van der Waals surface area (Å²) in [6, 6.07) is 7.09. The van der Waals surface area contributed by atoms with E-state index in [1.165, 1.54) is 4.90 Å². The first-order valence-corrected chi connectivity index (χ1v) is 17.8. The van der Waals surface area contributed by atoms with E-state index in [0.717, 1.165) is 13.0 Å². The zero-order chi connectivity index (χ0) is 32.5. The maximum atomic E-state index is 15.3. The van der Waals surface area contributed by atoms with Gasteiger partial charge in [-0.3, -0.25) is 4.79 Å². The first-order valence-electron chi connectivity index (χ1n) is 14.3. The van der Waals surface area contributed by atoms with Gasteiger partial charge in [0.2, 0.25) is 5.91 Å². The third kappa shape index (κ3) is 5.09. The number of rotatable bonds is 5. The van der Waals surface area contributed by atoms with Crippen molar-refractivity contribution >= 4 is 25.6 Å². The number of halogens is 7. The minimum absolute atomic E-state index is 0.0477. The monoisotopic (exact) mass is 671 g/mol. The molecular weight excluding hydrogens is 639 g/mol. The van der Waals surface area contributed by atoms with Gasteiger partial charge in [-0.1, -0.05) is 49.4 Å². The number of carbonyl (C=O) groups excluding carboxylic acids is 1. The smallest absolute Gasteiger partial charge is 0.337 e. The zero-order valence-corrected chi connectivity index (χ0v) is 25.3. The summed E-state index contributed by atoms with van der Waals surface area (Å²) >= 11 is 0. The van der Waals surface area contributed by atoms with Gasteiger partial charge in [-0.25, -0.2) is 21.2 Å². The van der Waals surface area contributed by atoms with Crippen molar-refractivity contribution in [2.45, 2.75) is 73.6 Å². The topological polar surface area (TPSA) is 88.6 Å². The second kappa shape index (κ2) is 10.8. The Labute approximate surface area is 251 Å². The van der Waals surface area contributed by atoms with Gasteiger partial charge in [-0.2, -0.15) is 26.3 Å². The van der Waals surface area contributed by atoms with Crippen LogP contribution in [0.15, 0.2) is 53.6 Å². The van der Waals surface area contributed by atoms with Crippen LogP contribution in [0.3, 0.4) is 0 Å². The van der Waals surface area contributed by atoms with Crippen LogP contribution < -0.4 is 0 Å². The van der Waals surface area contributed by atoms with Crippen molar-refractivity contribution in [2.75, 3.05) is 18.1 Å². The van der Waals surface area contributed by atoms with E-state index in [1.54, 1.807) is 30.3 Å². The van der Waals surface area contributed by atoms with Gasteiger partial charge in [-0.05, 0) is 60.6 Å². The molecule has 6 nitrogen and oxygen atoms in total. The van der Waals surface area contributed by atoms with Crippen LogP contribution in [0, 0.1) is 17.8 Å². The molecule has 1 aromatic carbocycles. The van der Waals surface area contributed by atoms with Gasteiger partial charge >= 0.3 is 18.0 Å². The Morgan fingerprint density at radius 1 is 0.932 bits per heavy atom. The normalized spacial score (nSPS) is 29.8. The molecular formula is C29H32F7NO5S2. The van der Waals surface area contributed by atoms with Crippen LogP contribution in [0.4, 0.5) is 30.7 Å². The van der Waals surface area contributed by atoms with Crippen molar-refractivity contribution in [1.29, 1.82) is 0 Å². The second-order valence-electron chi connectivity index (χ2n) is 12.2. The number of likely N-dealkylation sites (tertiary alicyclic amines) is 1. The molecule has 2 saturated heterocycles. The maximum absolute atomic E-state index is 15.3. The van der Waals surface area contributed by atoms with Crippen molar-refractivity contribution in [3.05, 3.63) is 59.2 Å². The fourth-order valence-electron chi connectivity index (χ4n) is 7.74. The van der Waals surface area contributed by atoms with Crippen molar-refractivity contribution < 1.29 is 52.4 Å². The average molecular weight is 672 g/mol. The van der Waals surface area contributed by atoms with E-state index < -0.39 is 83.5 Å². The predicted octanol–water partition coefficient (Wildman–Crippen LogP) is 5.51. The van der Waals surface area contributed by atoms with Crippen LogP contribution >= 0.6 is 0 Å². The second-order valence-corrected chi connectivity index (χ2v) is 16.8. The molecule has 5 rings (SSSR count). The summed E-state index contributed by atoms with van der Waals surface area (Å²) in [5.74, 6) is -4.78. The van der Waals surface area contributed by atoms with Crippen molar-refractivity contribution in [1.82, 2.24) is 4.90 Å². The van der Waals surface area contributed by atoms with Crippen LogP contribution in [0.1, 0.15) is 44.6 Å². The molecule has 4 atom stereocenters. The summed E-state index contributed by atoms with van der Waals surface area (Å²) in [6.45, 7) is 1.00. The van der Waals surface area contributed by atoms with Gasteiger partial charge in [0.05, 0.1) is 23.3 Å². The van der Waals surface area contributed by atoms with Gasteiger partial charge in [0.15, 0.2) is 9.84 Å². The minimum atomic E-state index is -6.31. The molecule has 15 heteroatoms. The zero-order valence-electron chi connectivity index (χ0n) is 23.7. The van der Waals surface area contributed by atoms with Crippen LogP contribution in [-0.2, 0) is 30.2 Å². The Morgan fingerprint density at radius 2 is 1.52 bits per heavy atom. The highest BCUT2D eigenvalue weighted by atomic mass is 32.2. The van der Waals surface area contributed by atoms with Gasteiger partial charge in [0, 0.05) is 12.5 Å². The molecule has 4 aliphatic rings. The summed E-state index contributed by atoms with van der Waals surface area (Å²) in [6.07, 6.45) is -11.4. The van der Waals surface area contributed by atoms with Crippen molar-refractivity contribution in [3.63, 3.8) is 0 Å². The Morgan fingerprint density at radius 3 is 2.09 bits per heavy atom. The summed E-state index contributed by atoms with van der Waals surface area (Å²) in [7, 11) is -7.58. The van der Waals surface area contributed by atoms with Crippen molar-refractivity contribution in [2.24, 2.45) is 17.8 Å². The molecule has 1 saturated carbocycles. The predicted molar refractivity (Wildman–Crippen MR) is 147 cm³/mol. The number of carbonyl (C=O) groups is 1. The van der Waals surface area contributed by atoms with Crippen molar-refractivity contribution in [3.8, 4) is 0 Å². The molecule has 0 N–H and O–H groups in total. The lowest BCUT2D eigenvalue weighted by Crippen LogP contribution is -2.60. The Balaban J connectivity index is 1.62. The molecule has 0 spiro atoms. The fraction of sp³-hybridized carbons (Fsp3) is 0.621. The highest BCUT2D eigenvalue weighted by Gasteiger charge is 2.76. The highest BCUT2D eigenvalue weighted by molar-refractivity contribution is 7.92. The average Bonchev–Trinajstić information content (AvgIpc) is 3.33. The van der Waals surface area contributed by atoms with E-state index in [1.807, 2.05) is 0 Å². The van der Waals surface area contributed by atoms with Crippen LogP contribution in [0.25, 0.3) is 0 Å².